The molecule has 2 aliphatic rings. The number of rotatable bonds is 9. The van der Waals surface area contributed by atoms with E-state index in [9.17, 15) is 19.5 Å². The maximum absolute atomic E-state index is 12.9. The number of benzene rings is 2. The molecule has 1 saturated heterocycles. The zero-order chi connectivity index (χ0) is 24.1. The highest BCUT2D eigenvalue weighted by Gasteiger charge is 2.37. The van der Waals surface area contributed by atoms with E-state index in [0.29, 0.717) is 18.6 Å². The van der Waals surface area contributed by atoms with Crippen LogP contribution in [0.5, 0.6) is 0 Å². The Balaban J connectivity index is 1.39. The Hall–Kier alpha value is -3.04. The predicted octanol–water partition coefficient (Wildman–Crippen LogP) is 3.01. The molecule has 0 saturated carbocycles. The normalized spacial score (nSPS) is 19.7. The van der Waals surface area contributed by atoms with Crippen LogP contribution in [0.25, 0.3) is 11.1 Å². The van der Waals surface area contributed by atoms with Gasteiger partial charge >= 0.3 is 12.1 Å². The number of fused-ring (bicyclic) bond motifs is 3. The number of carbonyl (C=O) groups excluding carboxylic acids is 2. The Morgan fingerprint density at radius 2 is 1.76 bits per heavy atom. The predicted molar refractivity (Wildman–Crippen MR) is 129 cm³/mol. The minimum atomic E-state index is -1.12. The Morgan fingerprint density at radius 3 is 2.38 bits per heavy atom. The molecule has 9 heteroatoms. The summed E-state index contributed by atoms with van der Waals surface area (Å²) >= 11 is 1.55. The molecule has 34 heavy (non-hydrogen) atoms. The Kier molecular flexibility index (Phi) is 7.74. The molecule has 0 aromatic heterocycles. The standard InChI is InChI=1S/C25H28N2O6S/c1-34-13-11-21(23(28)26-20-10-12-32-22(20)24(29)30)27-25(31)33-14-19-17-8-4-2-6-15(17)16-7-3-5-9-18(16)19/h2-9,19-22H,10-14H2,1H3,(H,26,28)(H,27,31)(H,29,30)/t20-,21-,22+/m1/s1. The third-order valence-corrected chi connectivity index (χ3v) is 6.87. The number of ether oxygens (including phenoxy) is 2. The van der Waals surface area contributed by atoms with Gasteiger partial charge in [0.15, 0.2) is 6.10 Å². The van der Waals surface area contributed by atoms with Crippen molar-refractivity contribution in [2.24, 2.45) is 0 Å². The van der Waals surface area contributed by atoms with Crippen LogP contribution in [-0.4, -0.2) is 66.5 Å². The van der Waals surface area contributed by atoms with Gasteiger partial charge in [0.2, 0.25) is 5.91 Å². The third kappa shape index (κ3) is 5.20. The van der Waals surface area contributed by atoms with Crippen LogP contribution < -0.4 is 10.6 Å². The van der Waals surface area contributed by atoms with Crippen molar-refractivity contribution >= 4 is 29.7 Å². The third-order valence-electron chi connectivity index (χ3n) is 6.23. The van der Waals surface area contributed by atoms with Gasteiger partial charge in [-0.25, -0.2) is 9.59 Å². The summed E-state index contributed by atoms with van der Waals surface area (Å²) in [5.41, 5.74) is 4.48. The average Bonchev–Trinajstić information content (AvgIpc) is 3.43. The summed E-state index contributed by atoms with van der Waals surface area (Å²) in [5, 5.41) is 14.7. The summed E-state index contributed by atoms with van der Waals surface area (Å²) < 4.78 is 10.8. The lowest BCUT2D eigenvalue weighted by Crippen LogP contribution is -2.53. The largest absolute Gasteiger partial charge is 0.479 e. The first-order chi connectivity index (χ1) is 16.5. The van der Waals surface area contributed by atoms with Crippen LogP contribution in [0.15, 0.2) is 48.5 Å². The molecule has 1 aliphatic carbocycles. The molecule has 2 aromatic rings. The van der Waals surface area contributed by atoms with Gasteiger partial charge in [0.25, 0.3) is 0 Å². The summed E-state index contributed by atoms with van der Waals surface area (Å²) in [5.74, 6) is -0.994. The van der Waals surface area contributed by atoms with E-state index in [1.165, 1.54) is 0 Å². The average molecular weight is 485 g/mol. The molecule has 0 spiro atoms. The minimum absolute atomic E-state index is 0.0800. The zero-order valence-electron chi connectivity index (χ0n) is 18.9. The van der Waals surface area contributed by atoms with Crippen molar-refractivity contribution in [1.29, 1.82) is 0 Å². The van der Waals surface area contributed by atoms with Gasteiger partial charge in [-0.05, 0) is 47.1 Å². The van der Waals surface area contributed by atoms with Crippen LogP contribution >= 0.6 is 11.8 Å². The molecule has 4 rings (SSSR count). The lowest BCUT2D eigenvalue weighted by Gasteiger charge is -2.22. The van der Waals surface area contributed by atoms with E-state index < -0.39 is 36.2 Å². The van der Waals surface area contributed by atoms with Gasteiger partial charge in [0.05, 0.1) is 6.04 Å². The van der Waals surface area contributed by atoms with Crippen molar-refractivity contribution in [3.63, 3.8) is 0 Å². The molecule has 3 N–H and O–H groups in total. The minimum Gasteiger partial charge on any atom is -0.479 e. The highest BCUT2D eigenvalue weighted by molar-refractivity contribution is 7.98. The number of alkyl carbamates (subject to hydrolysis) is 1. The molecular weight excluding hydrogens is 456 g/mol. The number of hydrogen-bond donors (Lipinski definition) is 3. The number of nitrogens with one attached hydrogen (secondary N) is 2. The Bertz CT molecular complexity index is 1020. The molecule has 0 bridgehead atoms. The fourth-order valence-electron chi connectivity index (χ4n) is 4.55. The molecule has 2 aromatic carbocycles. The van der Waals surface area contributed by atoms with Crippen LogP contribution in [0, 0.1) is 0 Å². The summed E-state index contributed by atoms with van der Waals surface area (Å²) in [6.45, 7) is 0.408. The molecule has 0 radical (unpaired) electrons. The van der Waals surface area contributed by atoms with Crippen molar-refractivity contribution in [2.75, 3.05) is 25.2 Å². The summed E-state index contributed by atoms with van der Waals surface area (Å²) in [6, 6.07) is 14.7. The summed E-state index contributed by atoms with van der Waals surface area (Å²) in [6.07, 6.45) is 0.944. The van der Waals surface area contributed by atoms with Gasteiger partial charge in [-0.15, -0.1) is 0 Å². The molecule has 1 aliphatic heterocycles. The molecular formula is C25H28N2O6S. The number of aliphatic carboxylic acids is 1. The van der Waals surface area contributed by atoms with Crippen molar-refractivity contribution in [2.45, 2.75) is 36.9 Å². The second-order valence-corrected chi connectivity index (χ2v) is 9.32. The van der Waals surface area contributed by atoms with Crippen molar-refractivity contribution in [1.82, 2.24) is 10.6 Å². The molecule has 3 atom stereocenters. The van der Waals surface area contributed by atoms with Crippen molar-refractivity contribution in [3.8, 4) is 11.1 Å². The number of carboxylic acids is 1. The maximum atomic E-state index is 12.9. The monoisotopic (exact) mass is 484 g/mol. The van der Waals surface area contributed by atoms with Gasteiger partial charge in [0, 0.05) is 12.5 Å². The summed E-state index contributed by atoms with van der Waals surface area (Å²) in [7, 11) is 0. The molecule has 180 valence electrons. The van der Waals surface area contributed by atoms with E-state index in [4.69, 9.17) is 9.47 Å². The molecule has 8 nitrogen and oxygen atoms in total. The van der Waals surface area contributed by atoms with Gasteiger partial charge in [0.1, 0.15) is 12.6 Å². The first-order valence-electron chi connectivity index (χ1n) is 11.2. The van der Waals surface area contributed by atoms with Crippen molar-refractivity contribution < 1.29 is 29.0 Å². The zero-order valence-corrected chi connectivity index (χ0v) is 19.7. The molecule has 1 fully saturated rings. The van der Waals surface area contributed by atoms with Crippen molar-refractivity contribution in [3.05, 3.63) is 59.7 Å². The van der Waals surface area contributed by atoms with Crippen LogP contribution in [0.3, 0.4) is 0 Å². The number of thioether (sulfide) groups is 1. The highest BCUT2D eigenvalue weighted by atomic mass is 32.2. The van der Waals surface area contributed by atoms with E-state index >= 15 is 0 Å². The van der Waals surface area contributed by atoms with Crippen LogP contribution in [0.2, 0.25) is 0 Å². The van der Waals surface area contributed by atoms with E-state index in [0.717, 1.165) is 22.3 Å². The Labute approximate surface area is 202 Å². The van der Waals surface area contributed by atoms with Crippen LogP contribution in [-0.2, 0) is 19.1 Å². The smallest absolute Gasteiger partial charge is 0.407 e. The second kappa shape index (κ2) is 10.9. The van der Waals surface area contributed by atoms with Gasteiger partial charge in [-0.1, -0.05) is 48.5 Å². The number of carbonyl (C=O) groups is 3. The molecule has 0 unspecified atom stereocenters. The lowest BCUT2D eigenvalue weighted by molar-refractivity contribution is -0.148. The number of carboxylic acid groups (broad SMARTS) is 1. The van der Waals surface area contributed by atoms with E-state index in [-0.39, 0.29) is 19.1 Å². The topological polar surface area (TPSA) is 114 Å². The second-order valence-electron chi connectivity index (χ2n) is 8.34. The first kappa shape index (κ1) is 24.1. The van der Waals surface area contributed by atoms with Gasteiger partial charge < -0.3 is 25.2 Å². The first-order valence-corrected chi connectivity index (χ1v) is 12.6. The van der Waals surface area contributed by atoms with Gasteiger partial charge in [-0.3, -0.25) is 4.79 Å². The number of amides is 2. The molecule has 2 amide bonds. The lowest BCUT2D eigenvalue weighted by atomic mass is 9.98. The van der Waals surface area contributed by atoms with Crippen LogP contribution in [0.1, 0.15) is 29.9 Å². The van der Waals surface area contributed by atoms with E-state index in [1.807, 2.05) is 42.7 Å². The molecule has 1 heterocycles. The highest BCUT2D eigenvalue weighted by Crippen LogP contribution is 2.44. The summed E-state index contributed by atoms with van der Waals surface area (Å²) in [4.78, 5) is 36.9. The maximum Gasteiger partial charge on any atom is 0.407 e. The Morgan fingerprint density at radius 1 is 1.12 bits per heavy atom. The number of hydrogen-bond acceptors (Lipinski definition) is 6. The van der Waals surface area contributed by atoms with Crippen LogP contribution in [0.4, 0.5) is 4.79 Å². The fraction of sp³-hybridized carbons (Fsp3) is 0.400. The van der Waals surface area contributed by atoms with E-state index in [1.54, 1.807) is 11.8 Å². The quantitative estimate of drug-likeness (QED) is 0.501. The van der Waals surface area contributed by atoms with E-state index in [2.05, 4.69) is 22.8 Å². The van der Waals surface area contributed by atoms with Gasteiger partial charge in [-0.2, -0.15) is 11.8 Å². The fourth-order valence-corrected chi connectivity index (χ4v) is 5.02. The SMILES string of the molecule is CSCC[C@@H](NC(=O)OCC1c2ccccc2-c2ccccc21)C(=O)N[C@@H]1CCO[C@@H]1C(=O)O.